The first kappa shape index (κ1) is 15.9. The number of thiazole rings is 1. The zero-order valence-corrected chi connectivity index (χ0v) is 12.2. The number of thioether (sulfide) groups is 1. The highest BCUT2D eigenvalue weighted by Crippen LogP contribution is 2.09. The third-order valence-corrected chi connectivity index (χ3v) is 3.93. The van der Waals surface area contributed by atoms with E-state index in [4.69, 9.17) is 10.8 Å². The second kappa shape index (κ2) is 8.13. The molecule has 0 radical (unpaired) electrons. The van der Waals surface area contributed by atoms with Crippen LogP contribution in [-0.4, -0.2) is 46.6 Å². The molecule has 0 saturated carbocycles. The van der Waals surface area contributed by atoms with E-state index in [0.717, 1.165) is 5.75 Å². The minimum Gasteiger partial charge on any atom is -0.476 e. The molecule has 19 heavy (non-hydrogen) atoms. The largest absolute Gasteiger partial charge is 0.476 e. The van der Waals surface area contributed by atoms with Crippen molar-refractivity contribution in [1.29, 1.82) is 0 Å². The summed E-state index contributed by atoms with van der Waals surface area (Å²) in [7, 11) is 0. The van der Waals surface area contributed by atoms with Gasteiger partial charge in [-0.25, -0.2) is 9.78 Å². The molecule has 0 fully saturated rings. The fourth-order valence-electron chi connectivity index (χ4n) is 1.32. The molecule has 1 atom stereocenters. The Morgan fingerprint density at radius 1 is 1.63 bits per heavy atom. The second-order valence-corrected chi connectivity index (χ2v) is 5.79. The Kier molecular flexibility index (Phi) is 6.82. The van der Waals surface area contributed by atoms with Gasteiger partial charge in [-0.3, -0.25) is 4.79 Å². The molecule has 0 saturated heterocycles. The lowest BCUT2D eigenvalue weighted by molar-refractivity contribution is -0.122. The van der Waals surface area contributed by atoms with Crippen molar-refractivity contribution in [2.24, 2.45) is 5.73 Å². The standard InChI is InChI=1S/C11H17N3O3S2/c1-18-5-3-7(12)10(15)13-4-2-9-14-8(6-19-9)11(16)17/h6-7H,2-5,12H2,1H3,(H,13,15)(H,16,17)/t7-/m1/s1. The zero-order valence-electron chi connectivity index (χ0n) is 10.6. The topological polar surface area (TPSA) is 105 Å². The molecule has 0 aliphatic carbocycles. The predicted molar refractivity (Wildman–Crippen MR) is 76.8 cm³/mol. The van der Waals surface area contributed by atoms with Crippen LogP contribution in [0.4, 0.5) is 0 Å². The third kappa shape index (κ3) is 5.58. The molecular formula is C11H17N3O3S2. The average Bonchev–Trinajstić information content (AvgIpc) is 2.84. The van der Waals surface area contributed by atoms with Gasteiger partial charge in [0.2, 0.25) is 5.91 Å². The number of hydrogen-bond acceptors (Lipinski definition) is 6. The fourth-order valence-corrected chi connectivity index (χ4v) is 2.59. The molecule has 0 aliphatic rings. The monoisotopic (exact) mass is 303 g/mol. The molecule has 0 unspecified atom stereocenters. The zero-order chi connectivity index (χ0) is 14.3. The van der Waals surface area contributed by atoms with Crippen molar-refractivity contribution in [2.75, 3.05) is 18.6 Å². The number of hydrogen-bond donors (Lipinski definition) is 3. The van der Waals surface area contributed by atoms with Crippen LogP contribution in [-0.2, 0) is 11.2 Å². The molecular weight excluding hydrogens is 286 g/mol. The predicted octanol–water partition coefficient (Wildman–Crippen LogP) is 0.580. The number of aromatic carboxylic acids is 1. The first-order valence-corrected chi connectivity index (χ1v) is 8.02. The summed E-state index contributed by atoms with van der Waals surface area (Å²) in [6.45, 7) is 0.415. The number of nitrogens with one attached hydrogen (secondary N) is 1. The molecule has 0 bridgehead atoms. The Balaban J connectivity index is 2.29. The lowest BCUT2D eigenvalue weighted by Crippen LogP contribution is -2.41. The molecule has 4 N–H and O–H groups in total. The molecule has 1 aromatic rings. The van der Waals surface area contributed by atoms with Crippen molar-refractivity contribution in [3.8, 4) is 0 Å². The SMILES string of the molecule is CSCC[C@@H](N)C(=O)NCCc1nc(C(=O)O)cs1. The summed E-state index contributed by atoms with van der Waals surface area (Å²) < 4.78 is 0. The Morgan fingerprint density at radius 2 is 2.37 bits per heavy atom. The maximum absolute atomic E-state index is 11.6. The van der Waals surface area contributed by atoms with E-state index in [0.29, 0.717) is 24.4 Å². The Labute approximate surface area is 119 Å². The lowest BCUT2D eigenvalue weighted by Gasteiger charge is -2.10. The van der Waals surface area contributed by atoms with Gasteiger partial charge in [-0.15, -0.1) is 11.3 Å². The highest BCUT2D eigenvalue weighted by Gasteiger charge is 2.13. The van der Waals surface area contributed by atoms with Gasteiger partial charge in [0.05, 0.1) is 11.0 Å². The van der Waals surface area contributed by atoms with Gasteiger partial charge in [-0.2, -0.15) is 11.8 Å². The van der Waals surface area contributed by atoms with Crippen LogP contribution in [0.3, 0.4) is 0 Å². The molecule has 8 heteroatoms. The Hall–Kier alpha value is -1.12. The lowest BCUT2D eigenvalue weighted by atomic mass is 10.2. The van der Waals surface area contributed by atoms with E-state index in [9.17, 15) is 9.59 Å². The van der Waals surface area contributed by atoms with E-state index in [1.807, 2.05) is 6.26 Å². The molecule has 0 spiro atoms. The normalized spacial score (nSPS) is 12.1. The van der Waals surface area contributed by atoms with Gasteiger partial charge in [0.1, 0.15) is 0 Å². The summed E-state index contributed by atoms with van der Waals surface area (Å²) in [6, 6.07) is -0.488. The molecule has 1 aromatic heterocycles. The summed E-state index contributed by atoms with van der Waals surface area (Å²) in [5.74, 6) is -0.363. The van der Waals surface area contributed by atoms with Gasteiger partial charge >= 0.3 is 5.97 Å². The van der Waals surface area contributed by atoms with Gasteiger partial charge in [0, 0.05) is 18.3 Å². The van der Waals surface area contributed by atoms with Crippen LogP contribution in [0.1, 0.15) is 21.9 Å². The molecule has 106 valence electrons. The van der Waals surface area contributed by atoms with Crippen molar-refractivity contribution < 1.29 is 14.7 Å². The maximum atomic E-state index is 11.6. The smallest absolute Gasteiger partial charge is 0.355 e. The number of nitrogens with two attached hydrogens (primary N) is 1. The number of carbonyl (C=O) groups excluding carboxylic acids is 1. The van der Waals surface area contributed by atoms with Crippen molar-refractivity contribution in [1.82, 2.24) is 10.3 Å². The van der Waals surface area contributed by atoms with E-state index >= 15 is 0 Å². The number of carboxylic acid groups (broad SMARTS) is 1. The van der Waals surface area contributed by atoms with Crippen LogP contribution < -0.4 is 11.1 Å². The molecule has 1 heterocycles. The first-order chi connectivity index (χ1) is 9.04. The number of rotatable bonds is 8. The minimum atomic E-state index is -1.04. The summed E-state index contributed by atoms with van der Waals surface area (Å²) in [5.41, 5.74) is 5.75. The quantitative estimate of drug-likeness (QED) is 0.649. The average molecular weight is 303 g/mol. The van der Waals surface area contributed by atoms with E-state index in [-0.39, 0.29) is 11.6 Å². The van der Waals surface area contributed by atoms with E-state index in [2.05, 4.69) is 10.3 Å². The van der Waals surface area contributed by atoms with Gasteiger partial charge in [-0.1, -0.05) is 0 Å². The molecule has 1 amide bonds. The molecule has 0 aromatic carbocycles. The fraction of sp³-hybridized carbons (Fsp3) is 0.545. The van der Waals surface area contributed by atoms with E-state index < -0.39 is 12.0 Å². The number of aromatic nitrogens is 1. The number of carbonyl (C=O) groups is 2. The highest BCUT2D eigenvalue weighted by molar-refractivity contribution is 7.98. The maximum Gasteiger partial charge on any atom is 0.355 e. The number of nitrogens with zero attached hydrogens (tertiary/aromatic N) is 1. The van der Waals surface area contributed by atoms with Gasteiger partial charge < -0.3 is 16.2 Å². The van der Waals surface area contributed by atoms with Crippen LogP contribution in [0.5, 0.6) is 0 Å². The first-order valence-electron chi connectivity index (χ1n) is 5.74. The van der Waals surface area contributed by atoms with Crippen molar-refractivity contribution >= 4 is 35.0 Å². The molecule has 1 rings (SSSR count). The van der Waals surface area contributed by atoms with Crippen LogP contribution in [0.2, 0.25) is 0 Å². The van der Waals surface area contributed by atoms with Gasteiger partial charge in [-0.05, 0) is 18.4 Å². The summed E-state index contributed by atoms with van der Waals surface area (Å²) in [4.78, 5) is 26.2. The van der Waals surface area contributed by atoms with E-state index in [1.165, 1.54) is 16.7 Å². The molecule has 6 nitrogen and oxygen atoms in total. The summed E-state index contributed by atoms with van der Waals surface area (Å²) >= 11 is 2.92. The van der Waals surface area contributed by atoms with E-state index in [1.54, 1.807) is 11.8 Å². The summed E-state index contributed by atoms with van der Waals surface area (Å²) in [5, 5.41) is 13.6. The van der Waals surface area contributed by atoms with Crippen LogP contribution >= 0.6 is 23.1 Å². The molecule has 0 aliphatic heterocycles. The van der Waals surface area contributed by atoms with Crippen LogP contribution in [0, 0.1) is 0 Å². The third-order valence-electron chi connectivity index (χ3n) is 2.38. The van der Waals surface area contributed by atoms with Gasteiger partial charge in [0.15, 0.2) is 5.69 Å². The number of amides is 1. The number of carboxylic acids is 1. The van der Waals surface area contributed by atoms with Crippen molar-refractivity contribution in [3.63, 3.8) is 0 Å². The Morgan fingerprint density at radius 3 is 2.95 bits per heavy atom. The Bertz CT molecular complexity index is 437. The minimum absolute atomic E-state index is 0.0444. The van der Waals surface area contributed by atoms with Crippen molar-refractivity contribution in [2.45, 2.75) is 18.9 Å². The van der Waals surface area contributed by atoms with Crippen LogP contribution in [0.25, 0.3) is 0 Å². The summed E-state index contributed by atoms with van der Waals surface area (Å²) in [6.07, 6.45) is 3.12. The highest BCUT2D eigenvalue weighted by atomic mass is 32.2. The van der Waals surface area contributed by atoms with Crippen LogP contribution in [0.15, 0.2) is 5.38 Å². The van der Waals surface area contributed by atoms with Gasteiger partial charge in [0.25, 0.3) is 0 Å². The second-order valence-electron chi connectivity index (χ2n) is 3.86. The van der Waals surface area contributed by atoms with Crippen molar-refractivity contribution in [3.05, 3.63) is 16.1 Å².